The van der Waals surface area contributed by atoms with E-state index in [-0.39, 0.29) is 16.9 Å². The van der Waals surface area contributed by atoms with Crippen molar-refractivity contribution in [1.29, 1.82) is 0 Å². The van der Waals surface area contributed by atoms with Gasteiger partial charge in [-0.05, 0) is 40.6 Å². The lowest BCUT2D eigenvalue weighted by atomic mass is 9.88. The first kappa shape index (κ1) is 29.5. The Morgan fingerprint density at radius 2 is 1.43 bits per heavy atom. The fourth-order valence-electron chi connectivity index (χ4n) is 4.74. The largest absolute Gasteiger partial charge is 0.402 e. The molecule has 0 radical (unpaired) electrons. The first-order valence-corrected chi connectivity index (χ1v) is 15.9. The van der Waals surface area contributed by atoms with Crippen LogP contribution >= 0.6 is 0 Å². The summed E-state index contributed by atoms with van der Waals surface area (Å²) in [5.41, 5.74) is 0. The summed E-state index contributed by atoms with van der Waals surface area (Å²) in [6, 6.07) is 20.4. The van der Waals surface area contributed by atoms with E-state index in [2.05, 4.69) is 51.6 Å². The van der Waals surface area contributed by atoms with Crippen molar-refractivity contribution in [3.63, 3.8) is 0 Å². The normalized spacial score (nSPS) is 17.3. The van der Waals surface area contributed by atoms with Crippen LogP contribution < -0.4 is 10.4 Å². The van der Waals surface area contributed by atoms with Crippen LogP contribution in [0.25, 0.3) is 0 Å². The number of aliphatic hydroxyl groups is 1. The van der Waals surface area contributed by atoms with Crippen LogP contribution in [0.15, 0.2) is 73.3 Å². The Bertz CT molecular complexity index is 995. The molecule has 0 saturated heterocycles. The SMILES string of the molecule is C=C[C@H](C)[C@H](O)[C@@H](C)C[C@@H](OS(C)(=O)=O)[C@H](C)O[Si](c1ccccc1)(c1ccccc1)C(C)(C)C. The lowest BCUT2D eigenvalue weighted by Gasteiger charge is -2.46. The Morgan fingerprint density at radius 1 is 0.971 bits per heavy atom. The summed E-state index contributed by atoms with van der Waals surface area (Å²) in [5.74, 6) is -0.350. The predicted octanol–water partition coefficient (Wildman–Crippen LogP) is 4.51. The van der Waals surface area contributed by atoms with Crippen molar-refractivity contribution in [3.8, 4) is 0 Å². The van der Waals surface area contributed by atoms with Gasteiger partial charge in [0, 0.05) is 0 Å². The average molecular weight is 519 g/mol. The molecule has 35 heavy (non-hydrogen) atoms. The van der Waals surface area contributed by atoms with Gasteiger partial charge in [0.2, 0.25) is 0 Å². The van der Waals surface area contributed by atoms with E-state index >= 15 is 0 Å². The van der Waals surface area contributed by atoms with Crippen molar-refractivity contribution >= 4 is 28.8 Å². The van der Waals surface area contributed by atoms with Crippen LogP contribution in [-0.4, -0.2) is 46.4 Å². The van der Waals surface area contributed by atoms with Crippen molar-refractivity contribution < 1.29 is 22.1 Å². The second-order valence-electron chi connectivity index (χ2n) is 10.6. The molecule has 0 aromatic heterocycles. The molecule has 2 aromatic carbocycles. The molecule has 0 spiro atoms. The molecule has 0 amide bonds. The van der Waals surface area contributed by atoms with Gasteiger partial charge in [0.25, 0.3) is 18.4 Å². The third kappa shape index (κ3) is 7.37. The van der Waals surface area contributed by atoms with Crippen molar-refractivity contribution in [2.24, 2.45) is 11.8 Å². The molecule has 2 aromatic rings. The number of hydrogen-bond donors (Lipinski definition) is 1. The van der Waals surface area contributed by atoms with Crippen LogP contribution in [0.3, 0.4) is 0 Å². The van der Waals surface area contributed by atoms with Crippen molar-refractivity contribution in [2.75, 3.05) is 6.26 Å². The zero-order valence-electron chi connectivity index (χ0n) is 22.1. The van der Waals surface area contributed by atoms with E-state index in [4.69, 9.17) is 8.61 Å². The summed E-state index contributed by atoms with van der Waals surface area (Å²) in [4.78, 5) is 0. The highest BCUT2D eigenvalue weighted by atomic mass is 32.2. The van der Waals surface area contributed by atoms with Gasteiger partial charge in [0.05, 0.1) is 18.5 Å². The van der Waals surface area contributed by atoms with E-state index in [1.54, 1.807) is 6.08 Å². The van der Waals surface area contributed by atoms with Gasteiger partial charge in [-0.2, -0.15) is 8.42 Å². The summed E-state index contributed by atoms with van der Waals surface area (Å²) in [6.07, 6.45) is 1.11. The third-order valence-electron chi connectivity index (χ3n) is 6.70. The van der Waals surface area contributed by atoms with Gasteiger partial charge in [0.15, 0.2) is 0 Å². The lowest BCUT2D eigenvalue weighted by Crippen LogP contribution is -2.68. The summed E-state index contributed by atoms with van der Waals surface area (Å²) < 4.78 is 37.2. The smallest absolute Gasteiger partial charge is 0.264 e. The van der Waals surface area contributed by atoms with E-state index in [0.29, 0.717) is 6.42 Å². The first-order chi connectivity index (χ1) is 16.2. The molecule has 1 N–H and O–H groups in total. The van der Waals surface area contributed by atoms with Crippen LogP contribution in [0.4, 0.5) is 0 Å². The standard InChI is InChI=1S/C28H42O5SSi/c1-9-21(2)27(29)22(3)20-26(32-34(8,30)31)23(4)33-35(28(5,6)7,24-16-12-10-13-17-24)25-18-14-11-15-19-25/h9-19,21-23,26-27,29H,1,20H2,2-8H3/t21-,22-,23-,26+,27-/m0/s1. The predicted molar refractivity (Wildman–Crippen MR) is 147 cm³/mol. The van der Waals surface area contributed by atoms with Gasteiger partial charge in [-0.15, -0.1) is 6.58 Å². The quantitative estimate of drug-likeness (QED) is 0.254. The molecule has 0 bridgehead atoms. The van der Waals surface area contributed by atoms with E-state index in [0.717, 1.165) is 16.6 Å². The van der Waals surface area contributed by atoms with E-state index in [1.165, 1.54) is 0 Å². The van der Waals surface area contributed by atoms with Gasteiger partial charge in [-0.25, -0.2) is 0 Å². The highest BCUT2D eigenvalue weighted by Crippen LogP contribution is 2.38. The molecule has 0 aliphatic heterocycles. The van der Waals surface area contributed by atoms with Crippen LogP contribution in [0.1, 0.15) is 48.0 Å². The zero-order chi connectivity index (χ0) is 26.4. The first-order valence-electron chi connectivity index (χ1n) is 12.2. The second kappa shape index (κ2) is 12.0. The Balaban J connectivity index is 2.57. The van der Waals surface area contributed by atoms with Gasteiger partial charge in [-0.3, -0.25) is 4.18 Å². The minimum atomic E-state index is -3.75. The van der Waals surface area contributed by atoms with Gasteiger partial charge >= 0.3 is 0 Å². The van der Waals surface area contributed by atoms with E-state index < -0.39 is 36.7 Å². The molecule has 0 unspecified atom stereocenters. The highest BCUT2D eigenvalue weighted by molar-refractivity contribution is 7.86. The average Bonchev–Trinajstić information content (AvgIpc) is 2.80. The molecular formula is C28H42O5SSi. The molecular weight excluding hydrogens is 476 g/mol. The number of aliphatic hydroxyl groups excluding tert-OH is 1. The highest BCUT2D eigenvalue weighted by Gasteiger charge is 2.52. The summed E-state index contributed by atoms with van der Waals surface area (Å²) in [5, 5.41) is 12.7. The van der Waals surface area contributed by atoms with E-state index in [1.807, 2.05) is 57.2 Å². The molecule has 0 heterocycles. The molecule has 7 heteroatoms. The monoisotopic (exact) mass is 518 g/mol. The maximum Gasteiger partial charge on any atom is 0.264 e. The Labute approximate surface area is 213 Å². The fraction of sp³-hybridized carbons (Fsp3) is 0.500. The minimum absolute atomic E-state index is 0.128. The van der Waals surface area contributed by atoms with E-state index in [9.17, 15) is 13.5 Å². The summed E-state index contributed by atoms with van der Waals surface area (Å²) >= 11 is 0. The Morgan fingerprint density at radius 3 is 1.80 bits per heavy atom. The summed E-state index contributed by atoms with van der Waals surface area (Å²) in [7, 11) is -6.66. The number of rotatable bonds is 12. The molecule has 0 aliphatic carbocycles. The molecule has 5 atom stereocenters. The molecule has 5 nitrogen and oxygen atoms in total. The van der Waals surface area contributed by atoms with Crippen molar-refractivity contribution in [1.82, 2.24) is 0 Å². The fourth-order valence-corrected chi connectivity index (χ4v) is 10.2. The van der Waals surface area contributed by atoms with Crippen LogP contribution in [-0.2, 0) is 18.7 Å². The number of benzene rings is 2. The lowest BCUT2D eigenvalue weighted by molar-refractivity contribution is 0.0148. The molecule has 194 valence electrons. The van der Waals surface area contributed by atoms with Crippen LogP contribution in [0.5, 0.6) is 0 Å². The Kier molecular flexibility index (Phi) is 10.1. The van der Waals surface area contributed by atoms with Crippen molar-refractivity contribution in [3.05, 3.63) is 73.3 Å². The second-order valence-corrected chi connectivity index (χ2v) is 16.5. The molecule has 0 saturated carbocycles. The molecule has 0 aliphatic rings. The molecule has 0 fully saturated rings. The summed E-state index contributed by atoms with van der Waals surface area (Å²) in [6.45, 7) is 16.0. The number of hydrogen-bond acceptors (Lipinski definition) is 5. The van der Waals surface area contributed by atoms with Crippen LogP contribution in [0.2, 0.25) is 5.04 Å². The Hall–Kier alpha value is -1.77. The maximum absolute atomic E-state index is 12.2. The van der Waals surface area contributed by atoms with Crippen LogP contribution in [0, 0.1) is 11.8 Å². The maximum atomic E-state index is 12.2. The zero-order valence-corrected chi connectivity index (χ0v) is 24.0. The van der Waals surface area contributed by atoms with Gasteiger partial charge in [0.1, 0.15) is 6.10 Å². The van der Waals surface area contributed by atoms with Crippen molar-refractivity contribution in [2.45, 2.75) is 71.3 Å². The van der Waals surface area contributed by atoms with Gasteiger partial charge in [-0.1, -0.05) is 101 Å². The van der Waals surface area contributed by atoms with Gasteiger partial charge < -0.3 is 9.53 Å². The third-order valence-corrected chi connectivity index (χ3v) is 12.4. The topological polar surface area (TPSA) is 72.8 Å². The minimum Gasteiger partial charge on any atom is -0.402 e. The molecule has 2 rings (SSSR count).